The van der Waals surface area contributed by atoms with Crippen LogP contribution in [0.5, 0.6) is 5.75 Å². The van der Waals surface area contributed by atoms with Gasteiger partial charge in [0.2, 0.25) is 5.91 Å². The van der Waals surface area contributed by atoms with E-state index in [1.807, 2.05) is 12.1 Å². The lowest BCUT2D eigenvalue weighted by Crippen LogP contribution is -2.13. The number of anilines is 2. The molecule has 1 amide bonds. The van der Waals surface area contributed by atoms with Crippen molar-refractivity contribution < 1.29 is 17.9 Å². The Hall–Kier alpha value is -3.00. The van der Waals surface area contributed by atoms with Crippen LogP contribution >= 0.6 is 23.2 Å². The molecule has 0 aliphatic rings. The molecule has 9 heteroatoms. The average Bonchev–Trinajstić information content (AvgIpc) is 2.76. The number of carbonyl (C=O) groups excluding carboxylic acids is 1. The van der Waals surface area contributed by atoms with Gasteiger partial charge in [0.15, 0.2) is 0 Å². The highest BCUT2D eigenvalue weighted by molar-refractivity contribution is 7.92. The molecular weight excluding hydrogens is 459 g/mol. The molecule has 0 heterocycles. The van der Waals surface area contributed by atoms with Crippen LogP contribution in [0.4, 0.5) is 11.4 Å². The summed E-state index contributed by atoms with van der Waals surface area (Å²) in [4.78, 5) is 12.1. The fraction of sp³-hybridized carbons (Fsp3) is 0.0455. The highest BCUT2D eigenvalue weighted by atomic mass is 35.5. The number of benzene rings is 3. The number of amides is 1. The summed E-state index contributed by atoms with van der Waals surface area (Å²) in [7, 11) is -2.30. The third-order valence-electron chi connectivity index (χ3n) is 4.17. The smallest absolute Gasteiger partial charge is 0.261 e. The summed E-state index contributed by atoms with van der Waals surface area (Å²) >= 11 is 12.0. The van der Waals surface area contributed by atoms with E-state index >= 15 is 0 Å². The van der Waals surface area contributed by atoms with Crippen LogP contribution in [-0.4, -0.2) is 21.4 Å². The topological polar surface area (TPSA) is 84.5 Å². The molecule has 0 spiro atoms. The molecule has 0 aromatic heterocycles. The first kappa shape index (κ1) is 22.7. The molecule has 3 rings (SSSR count). The first-order chi connectivity index (χ1) is 14.8. The molecule has 2 N–H and O–H groups in total. The summed E-state index contributed by atoms with van der Waals surface area (Å²) in [5, 5.41) is 3.03. The number of ether oxygens (including phenoxy) is 1. The minimum atomic E-state index is -3.88. The maximum Gasteiger partial charge on any atom is 0.261 e. The Kier molecular flexibility index (Phi) is 7.22. The number of rotatable bonds is 7. The van der Waals surface area contributed by atoms with Gasteiger partial charge in [-0.25, -0.2) is 8.42 Å². The number of sulfonamides is 1. The Labute approximate surface area is 190 Å². The van der Waals surface area contributed by atoms with E-state index in [1.165, 1.54) is 36.4 Å². The molecule has 160 valence electrons. The standard InChI is InChI=1S/C22H18Cl2N2O4S/c1-30-17-10-5-15(6-11-17)7-14-21(27)25-16-8-12-18(13-9-16)31(28,29)26-20-4-2-3-19(23)22(20)24/h2-14,26H,1H3,(H,25,27)/b14-7+. The van der Waals surface area contributed by atoms with Gasteiger partial charge in [-0.1, -0.05) is 41.4 Å². The van der Waals surface area contributed by atoms with Gasteiger partial charge in [0.25, 0.3) is 10.0 Å². The number of hydrogen-bond acceptors (Lipinski definition) is 4. The van der Waals surface area contributed by atoms with Crippen molar-refractivity contribution in [2.45, 2.75) is 4.90 Å². The van der Waals surface area contributed by atoms with Crippen LogP contribution in [0, 0.1) is 0 Å². The Morgan fingerprint density at radius 2 is 1.65 bits per heavy atom. The zero-order valence-corrected chi connectivity index (χ0v) is 18.6. The summed E-state index contributed by atoms with van der Waals surface area (Å²) in [5.41, 5.74) is 1.46. The number of methoxy groups -OCH3 is 1. The van der Waals surface area contributed by atoms with Crippen molar-refractivity contribution in [2.75, 3.05) is 17.1 Å². The number of nitrogens with one attached hydrogen (secondary N) is 2. The molecule has 0 radical (unpaired) electrons. The normalized spacial score (nSPS) is 11.3. The molecule has 3 aromatic rings. The van der Waals surface area contributed by atoms with Crippen LogP contribution in [0.2, 0.25) is 10.0 Å². The third-order valence-corrected chi connectivity index (χ3v) is 6.37. The van der Waals surface area contributed by atoms with Gasteiger partial charge in [-0.2, -0.15) is 0 Å². The molecule has 0 saturated heterocycles. The fourth-order valence-corrected chi connectivity index (χ4v) is 4.05. The molecule has 6 nitrogen and oxygen atoms in total. The van der Waals surface area contributed by atoms with Gasteiger partial charge in [-0.15, -0.1) is 0 Å². The second kappa shape index (κ2) is 9.87. The summed E-state index contributed by atoms with van der Waals surface area (Å²) in [6.45, 7) is 0. The van der Waals surface area contributed by atoms with E-state index in [9.17, 15) is 13.2 Å². The Bertz CT molecular complexity index is 1210. The van der Waals surface area contributed by atoms with Crippen molar-refractivity contribution in [1.29, 1.82) is 0 Å². The van der Waals surface area contributed by atoms with Gasteiger partial charge in [0.05, 0.1) is 27.7 Å². The molecular formula is C22H18Cl2N2O4S. The van der Waals surface area contributed by atoms with Crippen molar-refractivity contribution in [3.05, 3.63) is 88.4 Å². The third kappa shape index (κ3) is 6.01. The van der Waals surface area contributed by atoms with Gasteiger partial charge in [0, 0.05) is 11.8 Å². The lowest BCUT2D eigenvalue weighted by molar-refractivity contribution is -0.111. The van der Waals surface area contributed by atoms with Crippen molar-refractivity contribution in [1.82, 2.24) is 0 Å². The summed E-state index contributed by atoms with van der Waals surface area (Å²) in [6, 6.07) is 17.6. The average molecular weight is 477 g/mol. The molecule has 0 fully saturated rings. The molecule has 3 aromatic carbocycles. The molecule has 0 saturated carbocycles. The minimum Gasteiger partial charge on any atom is -0.497 e. The summed E-state index contributed by atoms with van der Waals surface area (Å²) < 4.78 is 32.7. The van der Waals surface area contributed by atoms with E-state index in [1.54, 1.807) is 37.5 Å². The largest absolute Gasteiger partial charge is 0.497 e. The molecule has 0 aliphatic heterocycles. The molecule has 0 unspecified atom stereocenters. The first-order valence-electron chi connectivity index (χ1n) is 8.98. The summed E-state index contributed by atoms with van der Waals surface area (Å²) in [6.07, 6.45) is 3.04. The second-order valence-corrected chi connectivity index (χ2v) is 8.79. The van der Waals surface area contributed by atoms with Gasteiger partial charge in [-0.3, -0.25) is 9.52 Å². The van der Waals surface area contributed by atoms with Crippen molar-refractivity contribution in [3.8, 4) is 5.75 Å². The predicted molar refractivity (Wildman–Crippen MR) is 124 cm³/mol. The number of carbonyl (C=O) groups is 1. The van der Waals surface area contributed by atoms with Gasteiger partial charge >= 0.3 is 0 Å². The van der Waals surface area contributed by atoms with E-state index in [-0.39, 0.29) is 26.5 Å². The second-order valence-electron chi connectivity index (χ2n) is 6.33. The quantitative estimate of drug-likeness (QED) is 0.443. The van der Waals surface area contributed by atoms with Gasteiger partial charge in [0.1, 0.15) is 5.75 Å². The Morgan fingerprint density at radius 1 is 0.968 bits per heavy atom. The monoisotopic (exact) mass is 476 g/mol. The lowest BCUT2D eigenvalue weighted by atomic mass is 10.2. The molecule has 0 bridgehead atoms. The maximum absolute atomic E-state index is 12.6. The first-order valence-corrected chi connectivity index (χ1v) is 11.2. The van der Waals surface area contributed by atoms with E-state index in [4.69, 9.17) is 27.9 Å². The molecule has 31 heavy (non-hydrogen) atoms. The van der Waals surface area contributed by atoms with Crippen LogP contribution in [0.25, 0.3) is 6.08 Å². The molecule has 0 aliphatic carbocycles. The van der Waals surface area contributed by atoms with Crippen molar-refractivity contribution in [2.24, 2.45) is 0 Å². The predicted octanol–water partition coefficient (Wildman–Crippen LogP) is 5.45. The van der Waals surface area contributed by atoms with Crippen LogP contribution in [0.3, 0.4) is 0 Å². The highest BCUT2D eigenvalue weighted by Crippen LogP contribution is 2.31. The Morgan fingerprint density at radius 3 is 2.29 bits per heavy atom. The van der Waals surface area contributed by atoms with Gasteiger partial charge in [-0.05, 0) is 60.2 Å². The van der Waals surface area contributed by atoms with E-state index < -0.39 is 10.0 Å². The van der Waals surface area contributed by atoms with Crippen LogP contribution in [0.15, 0.2) is 77.7 Å². The van der Waals surface area contributed by atoms with Crippen LogP contribution < -0.4 is 14.8 Å². The highest BCUT2D eigenvalue weighted by Gasteiger charge is 2.16. The lowest BCUT2D eigenvalue weighted by Gasteiger charge is -2.11. The maximum atomic E-state index is 12.6. The minimum absolute atomic E-state index is 0.00955. The fourth-order valence-electron chi connectivity index (χ4n) is 2.57. The molecule has 0 atom stereocenters. The SMILES string of the molecule is COc1ccc(/C=C/C(=O)Nc2ccc(S(=O)(=O)Nc3cccc(Cl)c3Cl)cc2)cc1. The summed E-state index contributed by atoms with van der Waals surface area (Å²) in [5.74, 6) is 0.374. The van der Waals surface area contributed by atoms with Crippen molar-refractivity contribution in [3.63, 3.8) is 0 Å². The van der Waals surface area contributed by atoms with Gasteiger partial charge < -0.3 is 10.1 Å². The van der Waals surface area contributed by atoms with Crippen molar-refractivity contribution >= 4 is 56.6 Å². The van der Waals surface area contributed by atoms with E-state index in [0.29, 0.717) is 5.69 Å². The Balaban J connectivity index is 1.65. The van der Waals surface area contributed by atoms with Crippen LogP contribution in [0.1, 0.15) is 5.56 Å². The zero-order valence-electron chi connectivity index (χ0n) is 16.3. The zero-order chi connectivity index (χ0) is 22.4. The van der Waals surface area contributed by atoms with Crippen LogP contribution in [-0.2, 0) is 14.8 Å². The van der Waals surface area contributed by atoms with E-state index in [0.717, 1.165) is 11.3 Å². The van der Waals surface area contributed by atoms with E-state index in [2.05, 4.69) is 10.0 Å². The number of hydrogen-bond donors (Lipinski definition) is 2. The number of halogens is 2.